The third kappa shape index (κ3) is 2.13. The maximum absolute atomic E-state index is 3.84. The molecule has 0 bridgehead atoms. The fourth-order valence-corrected chi connectivity index (χ4v) is 2.97. The van der Waals surface area contributed by atoms with Crippen LogP contribution in [0.15, 0.2) is 0 Å². The highest BCUT2D eigenvalue weighted by atomic mass is 14.9. The molecule has 0 heterocycles. The van der Waals surface area contributed by atoms with Crippen molar-refractivity contribution in [2.75, 3.05) is 6.54 Å². The lowest BCUT2D eigenvalue weighted by Crippen LogP contribution is -2.36. The predicted octanol–water partition coefficient (Wildman–Crippen LogP) is 3.34. The maximum Gasteiger partial charge on any atom is 0.00954 e. The van der Waals surface area contributed by atoms with Crippen molar-refractivity contribution in [2.45, 2.75) is 64.8 Å². The second-order valence-electron chi connectivity index (χ2n) is 5.44. The Morgan fingerprint density at radius 3 is 2.57 bits per heavy atom. The van der Waals surface area contributed by atoms with Crippen molar-refractivity contribution in [3.8, 4) is 0 Å². The third-order valence-corrected chi connectivity index (χ3v) is 4.63. The van der Waals surface area contributed by atoms with Gasteiger partial charge in [0.15, 0.2) is 0 Å². The zero-order valence-corrected chi connectivity index (χ0v) is 9.81. The molecule has 14 heavy (non-hydrogen) atoms. The summed E-state index contributed by atoms with van der Waals surface area (Å²) >= 11 is 0. The lowest BCUT2D eigenvalue weighted by Gasteiger charge is -2.23. The zero-order valence-electron chi connectivity index (χ0n) is 9.81. The van der Waals surface area contributed by atoms with Crippen molar-refractivity contribution in [3.63, 3.8) is 0 Å². The highest BCUT2D eigenvalue weighted by molar-refractivity contribution is 4.95. The van der Waals surface area contributed by atoms with E-state index in [-0.39, 0.29) is 0 Å². The molecule has 82 valence electrons. The molecule has 0 aromatic rings. The van der Waals surface area contributed by atoms with E-state index in [1.54, 1.807) is 0 Å². The fourth-order valence-electron chi connectivity index (χ4n) is 2.97. The van der Waals surface area contributed by atoms with Gasteiger partial charge in [0.05, 0.1) is 0 Å². The largest absolute Gasteiger partial charge is 0.313 e. The van der Waals surface area contributed by atoms with Gasteiger partial charge < -0.3 is 5.32 Å². The molecule has 2 aliphatic carbocycles. The van der Waals surface area contributed by atoms with Crippen molar-refractivity contribution in [1.29, 1.82) is 0 Å². The molecule has 0 aliphatic heterocycles. The van der Waals surface area contributed by atoms with Crippen molar-refractivity contribution in [1.82, 2.24) is 5.32 Å². The van der Waals surface area contributed by atoms with E-state index >= 15 is 0 Å². The van der Waals surface area contributed by atoms with E-state index < -0.39 is 0 Å². The van der Waals surface area contributed by atoms with Crippen LogP contribution in [-0.4, -0.2) is 12.6 Å². The Balaban J connectivity index is 1.74. The lowest BCUT2D eigenvalue weighted by atomic mass is 9.98. The minimum absolute atomic E-state index is 0.723. The van der Waals surface area contributed by atoms with Crippen LogP contribution in [0.5, 0.6) is 0 Å². The monoisotopic (exact) mass is 195 g/mol. The summed E-state index contributed by atoms with van der Waals surface area (Å²) in [4.78, 5) is 0. The predicted molar refractivity (Wildman–Crippen MR) is 61.4 cm³/mol. The Morgan fingerprint density at radius 1 is 1.21 bits per heavy atom. The summed E-state index contributed by atoms with van der Waals surface area (Å²) in [7, 11) is 0. The summed E-state index contributed by atoms with van der Waals surface area (Å²) in [5.41, 5.74) is 0.723. The van der Waals surface area contributed by atoms with E-state index in [1.165, 1.54) is 51.5 Å². The van der Waals surface area contributed by atoms with Gasteiger partial charge in [0.25, 0.3) is 0 Å². The standard InChI is InChI=1S/C13H25N/c1-3-11-6-5-7-12(11)14-10-13(4-2)8-9-13/h11-12,14H,3-10H2,1-2H3. The number of nitrogens with one attached hydrogen (secondary N) is 1. The van der Waals surface area contributed by atoms with E-state index in [9.17, 15) is 0 Å². The molecule has 0 spiro atoms. The molecule has 0 radical (unpaired) electrons. The highest BCUT2D eigenvalue weighted by Crippen LogP contribution is 2.48. The first-order chi connectivity index (χ1) is 6.79. The van der Waals surface area contributed by atoms with Gasteiger partial charge in [0.2, 0.25) is 0 Å². The number of rotatable bonds is 5. The van der Waals surface area contributed by atoms with E-state index in [0.717, 1.165) is 17.4 Å². The summed E-state index contributed by atoms with van der Waals surface area (Å²) in [6.45, 7) is 5.99. The summed E-state index contributed by atoms with van der Waals surface area (Å²) < 4.78 is 0. The van der Waals surface area contributed by atoms with E-state index in [0.29, 0.717) is 0 Å². The molecule has 0 saturated heterocycles. The Bertz CT molecular complexity index is 184. The quantitative estimate of drug-likeness (QED) is 0.709. The van der Waals surface area contributed by atoms with Crippen LogP contribution in [0.4, 0.5) is 0 Å². The molecule has 0 amide bonds. The SMILES string of the molecule is CCC1CCCC1NCC1(CC)CC1. The van der Waals surface area contributed by atoms with E-state index in [4.69, 9.17) is 0 Å². The number of hydrogen-bond donors (Lipinski definition) is 1. The summed E-state index contributed by atoms with van der Waals surface area (Å²) in [6.07, 6.45) is 10.0. The maximum atomic E-state index is 3.84. The van der Waals surface area contributed by atoms with E-state index in [2.05, 4.69) is 19.2 Å². The average molecular weight is 195 g/mol. The van der Waals surface area contributed by atoms with Crippen LogP contribution in [0.25, 0.3) is 0 Å². The molecule has 2 rings (SSSR count). The zero-order chi connectivity index (χ0) is 10.0. The molecule has 1 heteroatoms. The molecule has 2 saturated carbocycles. The second-order valence-corrected chi connectivity index (χ2v) is 5.44. The molecule has 2 fully saturated rings. The molecule has 0 aromatic carbocycles. The van der Waals surface area contributed by atoms with Gasteiger partial charge in [-0.15, -0.1) is 0 Å². The first kappa shape index (κ1) is 10.5. The molecule has 2 aliphatic rings. The van der Waals surface area contributed by atoms with Gasteiger partial charge in [-0.3, -0.25) is 0 Å². The molecular weight excluding hydrogens is 170 g/mol. The summed E-state index contributed by atoms with van der Waals surface area (Å²) in [6, 6.07) is 0.851. The smallest absolute Gasteiger partial charge is 0.00954 e. The van der Waals surface area contributed by atoms with Gasteiger partial charge in [-0.2, -0.15) is 0 Å². The Morgan fingerprint density at radius 2 is 2.00 bits per heavy atom. The van der Waals surface area contributed by atoms with Crippen LogP contribution in [0, 0.1) is 11.3 Å². The van der Waals surface area contributed by atoms with Gasteiger partial charge in [0, 0.05) is 12.6 Å². The van der Waals surface area contributed by atoms with Gasteiger partial charge in [0.1, 0.15) is 0 Å². The Kier molecular flexibility index (Phi) is 3.16. The van der Waals surface area contributed by atoms with Crippen molar-refractivity contribution < 1.29 is 0 Å². The molecular formula is C13H25N. The van der Waals surface area contributed by atoms with Crippen LogP contribution in [0.1, 0.15) is 58.8 Å². The van der Waals surface area contributed by atoms with Crippen LogP contribution >= 0.6 is 0 Å². The third-order valence-electron chi connectivity index (χ3n) is 4.63. The fraction of sp³-hybridized carbons (Fsp3) is 1.00. The summed E-state index contributed by atoms with van der Waals surface area (Å²) in [5, 5.41) is 3.84. The van der Waals surface area contributed by atoms with Crippen LogP contribution < -0.4 is 5.32 Å². The highest BCUT2D eigenvalue weighted by Gasteiger charge is 2.41. The average Bonchev–Trinajstić information content (AvgIpc) is 2.86. The van der Waals surface area contributed by atoms with Crippen molar-refractivity contribution >= 4 is 0 Å². The van der Waals surface area contributed by atoms with Gasteiger partial charge in [-0.25, -0.2) is 0 Å². The van der Waals surface area contributed by atoms with Crippen LogP contribution in [0.3, 0.4) is 0 Å². The Labute approximate surface area is 88.7 Å². The van der Waals surface area contributed by atoms with E-state index in [1.807, 2.05) is 0 Å². The second kappa shape index (κ2) is 4.22. The van der Waals surface area contributed by atoms with Gasteiger partial charge in [-0.1, -0.05) is 26.7 Å². The minimum Gasteiger partial charge on any atom is -0.313 e. The van der Waals surface area contributed by atoms with Crippen molar-refractivity contribution in [3.05, 3.63) is 0 Å². The molecule has 2 atom stereocenters. The Hall–Kier alpha value is -0.0400. The summed E-state index contributed by atoms with van der Waals surface area (Å²) in [5.74, 6) is 0.975. The molecule has 1 N–H and O–H groups in total. The first-order valence-corrected chi connectivity index (χ1v) is 6.53. The lowest BCUT2D eigenvalue weighted by molar-refractivity contribution is 0.343. The molecule has 1 nitrogen and oxygen atoms in total. The first-order valence-electron chi connectivity index (χ1n) is 6.53. The van der Waals surface area contributed by atoms with Crippen LogP contribution in [0.2, 0.25) is 0 Å². The molecule has 2 unspecified atom stereocenters. The molecule has 0 aromatic heterocycles. The van der Waals surface area contributed by atoms with Crippen molar-refractivity contribution in [2.24, 2.45) is 11.3 Å². The normalized spacial score (nSPS) is 34.7. The minimum atomic E-state index is 0.723. The van der Waals surface area contributed by atoms with Gasteiger partial charge in [-0.05, 0) is 43.4 Å². The number of hydrogen-bond acceptors (Lipinski definition) is 1. The van der Waals surface area contributed by atoms with Gasteiger partial charge >= 0.3 is 0 Å². The van der Waals surface area contributed by atoms with Crippen LogP contribution in [-0.2, 0) is 0 Å². The topological polar surface area (TPSA) is 12.0 Å².